The molecule has 1 heteroatoms. The minimum absolute atomic E-state index is 0.491. The quantitative estimate of drug-likeness (QED) is 0.750. The molecule has 0 saturated heterocycles. The van der Waals surface area contributed by atoms with Crippen molar-refractivity contribution in [3.05, 3.63) is 59.7 Å². The minimum atomic E-state index is -0.491. The van der Waals surface area contributed by atoms with Crippen LogP contribution in [0.15, 0.2) is 54.1 Å². The van der Waals surface area contributed by atoms with Gasteiger partial charge in [-0.3, -0.25) is 0 Å². The molecule has 2 aromatic carbocycles. The minimum Gasteiger partial charge on any atom is -0.384 e. The first-order chi connectivity index (χ1) is 7.72. The van der Waals surface area contributed by atoms with Crippen LogP contribution in [0.2, 0.25) is 0 Å². The Kier molecular flexibility index (Phi) is 3.07. The molecule has 1 atom stereocenters. The number of benzene rings is 2. The first-order valence-electron chi connectivity index (χ1n) is 5.52. The van der Waals surface area contributed by atoms with E-state index in [0.717, 1.165) is 11.1 Å². The Morgan fingerprint density at radius 2 is 1.81 bits per heavy atom. The van der Waals surface area contributed by atoms with Crippen molar-refractivity contribution in [2.45, 2.75) is 20.0 Å². The number of aliphatic hydroxyl groups excluding tert-OH is 1. The molecule has 0 aliphatic rings. The fourth-order valence-corrected chi connectivity index (χ4v) is 1.80. The third-order valence-corrected chi connectivity index (χ3v) is 2.98. The van der Waals surface area contributed by atoms with Crippen LogP contribution in [0.3, 0.4) is 0 Å². The summed E-state index contributed by atoms with van der Waals surface area (Å²) >= 11 is 0. The average Bonchev–Trinajstić information content (AvgIpc) is 2.36. The summed E-state index contributed by atoms with van der Waals surface area (Å²) in [5.41, 5.74) is 1.93. The average molecular weight is 212 g/mol. The van der Waals surface area contributed by atoms with Crippen molar-refractivity contribution in [2.75, 3.05) is 0 Å². The van der Waals surface area contributed by atoms with Gasteiger partial charge in [0.1, 0.15) is 0 Å². The molecule has 0 spiro atoms. The van der Waals surface area contributed by atoms with Crippen LogP contribution in [0.1, 0.15) is 25.5 Å². The molecule has 0 saturated carbocycles. The first-order valence-corrected chi connectivity index (χ1v) is 5.52. The lowest BCUT2D eigenvalue weighted by molar-refractivity contribution is 0.215. The van der Waals surface area contributed by atoms with E-state index in [1.807, 2.05) is 44.2 Å². The van der Waals surface area contributed by atoms with Crippen LogP contribution in [0.25, 0.3) is 10.8 Å². The van der Waals surface area contributed by atoms with Gasteiger partial charge in [0, 0.05) is 0 Å². The Balaban J connectivity index is 2.47. The van der Waals surface area contributed by atoms with Crippen molar-refractivity contribution >= 4 is 10.8 Å². The van der Waals surface area contributed by atoms with Gasteiger partial charge in [-0.25, -0.2) is 0 Å². The second-order valence-electron chi connectivity index (χ2n) is 4.04. The van der Waals surface area contributed by atoms with E-state index in [9.17, 15) is 5.11 Å². The SMILES string of the molecule is C/C=C(\C)C(O)c1ccc2ccccc2c1. The summed E-state index contributed by atoms with van der Waals surface area (Å²) in [7, 11) is 0. The second-order valence-corrected chi connectivity index (χ2v) is 4.04. The van der Waals surface area contributed by atoms with E-state index in [1.165, 1.54) is 10.8 Å². The standard InChI is InChI=1S/C15H16O/c1-3-11(2)15(16)14-9-8-12-6-4-5-7-13(12)10-14/h3-10,15-16H,1-2H3/b11-3+. The molecule has 0 radical (unpaired) electrons. The lowest BCUT2D eigenvalue weighted by Crippen LogP contribution is -1.98. The van der Waals surface area contributed by atoms with Gasteiger partial charge in [-0.15, -0.1) is 0 Å². The topological polar surface area (TPSA) is 20.2 Å². The summed E-state index contributed by atoms with van der Waals surface area (Å²) in [5, 5.41) is 12.5. The van der Waals surface area contributed by atoms with E-state index in [4.69, 9.17) is 0 Å². The molecule has 82 valence electrons. The molecule has 2 aromatic rings. The fraction of sp³-hybridized carbons (Fsp3) is 0.200. The zero-order chi connectivity index (χ0) is 11.5. The largest absolute Gasteiger partial charge is 0.384 e. The third-order valence-electron chi connectivity index (χ3n) is 2.98. The molecular formula is C15H16O. The van der Waals surface area contributed by atoms with Crippen LogP contribution in [-0.2, 0) is 0 Å². The molecule has 0 amide bonds. The fourth-order valence-electron chi connectivity index (χ4n) is 1.80. The number of allylic oxidation sites excluding steroid dienone is 1. The number of hydrogen-bond acceptors (Lipinski definition) is 1. The Labute approximate surface area is 96.0 Å². The smallest absolute Gasteiger partial charge is 0.0998 e. The third kappa shape index (κ3) is 2.00. The lowest BCUT2D eigenvalue weighted by Gasteiger charge is -2.12. The maximum absolute atomic E-state index is 10.1. The van der Waals surface area contributed by atoms with Gasteiger partial charge in [-0.2, -0.15) is 0 Å². The summed E-state index contributed by atoms with van der Waals surface area (Å²) in [6.07, 6.45) is 1.45. The van der Waals surface area contributed by atoms with Gasteiger partial charge in [0.25, 0.3) is 0 Å². The van der Waals surface area contributed by atoms with Crippen molar-refractivity contribution in [2.24, 2.45) is 0 Å². The summed E-state index contributed by atoms with van der Waals surface area (Å²) in [6, 6.07) is 14.3. The predicted molar refractivity (Wildman–Crippen MR) is 68.3 cm³/mol. The summed E-state index contributed by atoms with van der Waals surface area (Å²) in [5.74, 6) is 0. The maximum Gasteiger partial charge on any atom is 0.0998 e. The number of fused-ring (bicyclic) bond motifs is 1. The van der Waals surface area contributed by atoms with Crippen molar-refractivity contribution in [1.29, 1.82) is 0 Å². The molecule has 0 aliphatic heterocycles. The van der Waals surface area contributed by atoms with E-state index in [0.29, 0.717) is 0 Å². The number of aliphatic hydroxyl groups is 1. The number of hydrogen-bond donors (Lipinski definition) is 1. The summed E-state index contributed by atoms with van der Waals surface area (Å²) in [6.45, 7) is 3.89. The highest BCUT2D eigenvalue weighted by molar-refractivity contribution is 5.83. The van der Waals surface area contributed by atoms with E-state index < -0.39 is 6.10 Å². The van der Waals surface area contributed by atoms with Crippen molar-refractivity contribution < 1.29 is 5.11 Å². The van der Waals surface area contributed by atoms with Gasteiger partial charge in [0.05, 0.1) is 6.10 Å². The molecule has 1 unspecified atom stereocenters. The van der Waals surface area contributed by atoms with Crippen LogP contribution >= 0.6 is 0 Å². The zero-order valence-corrected chi connectivity index (χ0v) is 9.64. The molecule has 0 bridgehead atoms. The normalized spacial score (nSPS) is 14.1. The second kappa shape index (κ2) is 4.50. The molecule has 2 rings (SSSR count). The van der Waals surface area contributed by atoms with Crippen LogP contribution < -0.4 is 0 Å². The van der Waals surface area contributed by atoms with Crippen molar-refractivity contribution in [3.63, 3.8) is 0 Å². The molecular weight excluding hydrogens is 196 g/mol. The molecule has 1 N–H and O–H groups in total. The molecule has 0 aromatic heterocycles. The van der Waals surface area contributed by atoms with E-state index in [-0.39, 0.29) is 0 Å². The maximum atomic E-state index is 10.1. The van der Waals surface area contributed by atoms with E-state index in [1.54, 1.807) is 0 Å². The lowest BCUT2D eigenvalue weighted by atomic mass is 9.99. The highest BCUT2D eigenvalue weighted by Crippen LogP contribution is 2.24. The van der Waals surface area contributed by atoms with Gasteiger partial charge in [-0.1, -0.05) is 42.5 Å². The monoisotopic (exact) mass is 212 g/mol. The van der Waals surface area contributed by atoms with E-state index in [2.05, 4.69) is 18.2 Å². The Hall–Kier alpha value is -1.60. The van der Waals surface area contributed by atoms with Gasteiger partial charge < -0.3 is 5.11 Å². The predicted octanol–water partition coefficient (Wildman–Crippen LogP) is 3.84. The van der Waals surface area contributed by atoms with Crippen LogP contribution in [-0.4, -0.2) is 5.11 Å². The van der Waals surface area contributed by atoms with Crippen LogP contribution in [0.5, 0.6) is 0 Å². The number of rotatable bonds is 2. The Morgan fingerprint density at radius 3 is 2.50 bits per heavy atom. The van der Waals surface area contributed by atoms with Gasteiger partial charge in [0.15, 0.2) is 0 Å². The highest BCUT2D eigenvalue weighted by Gasteiger charge is 2.08. The van der Waals surface area contributed by atoms with Gasteiger partial charge in [0.2, 0.25) is 0 Å². The molecule has 0 fully saturated rings. The van der Waals surface area contributed by atoms with Crippen LogP contribution in [0, 0.1) is 0 Å². The molecule has 16 heavy (non-hydrogen) atoms. The Morgan fingerprint density at radius 1 is 1.12 bits per heavy atom. The molecule has 0 heterocycles. The first kappa shape index (κ1) is 10.9. The van der Waals surface area contributed by atoms with Gasteiger partial charge in [-0.05, 0) is 41.8 Å². The Bertz CT molecular complexity index is 526. The molecule has 0 aliphatic carbocycles. The van der Waals surface area contributed by atoms with Crippen molar-refractivity contribution in [1.82, 2.24) is 0 Å². The molecule has 1 nitrogen and oxygen atoms in total. The van der Waals surface area contributed by atoms with Crippen molar-refractivity contribution in [3.8, 4) is 0 Å². The van der Waals surface area contributed by atoms with Gasteiger partial charge >= 0.3 is 0 Å². The summed E-state index contributed by atoms with van der Waals surface area (Å²) < 4.78 is 0. The van der Waals surface area contributed by atoms with E-state index >= 15 is 0 Å². The zero-order valence-electron chi connectivity index (χ0n) is 9.64. The highest BCUT2D eigenvalue weighted by atomic mass is 16.3. The summed E-state index contributed by atoms with van der Waals surface area (Å²) in [4.78, 5) is 0. The van der Waals surface area contributed by atoms with Crippen LogP contribution in [0.4, 0.5) is 0 Å².